The number of allylic oxidation sites excluding steroid dienone is 2. The lowest BCUT2D eigenvalue weighted by Gasteiger charge is -1.95. The molecule has 0 heterocycles. The summed E-state index contributed by atoms with van der Waals surface area (Å²) >= 11 is 0. The average Bonchev–Trinajstić information content (AvgIpc) is 2.53. The monoisotopic (exact) mass is 340 g/mol. The highest BCUT2D eigenvalue weighted by atomic mass is 16.4. The van der Waals surface area contributed by atoms with Crippen LogP contribution in [0.1, 0.15) is 90.9 Å². The molecule has 0 saturated heterocycles. The molecule has 0 aromatic carbocycles. The Balaban J connectivity index is 0. The molecule has 0 radical (unpaired) electrons. The van der Waals surface area contributed by atoms with Crippen LogP contribution >= 0.6 is 0 Å². The maximum Gasteiger partial charge on any atom is 0.327 e. The molecule has 0 amide bonds. The van der Waals surface area contributed by atoms with Crippen molar-refractivity contribution in [2.45, 2.75) is 90.9 Å². The predicted molar refractivity (Wildman–Crippen MR) is 100 cm³/mol. The quantitative estimate of drug-likeness (QED) is 0.301. The van der Waals surface area contributed by atoms with Crippen LogP contribution in [0.3, 0.4) is 0 Å². The van der Waals surface area contributed by atoms with Gasteiger partial charge in [0.25, 0.3) is 0 Å². The van der Waals surface area contributed by atoms with Gasteiger partial charge < -0.3 is 10.2 Å². The first-order valence-electron chi connectivity index (χ1n) is 9.33. The van der Waals surface area contributed by atoms with E-state index in [1.807, 2.05) is 0 Å². The van der Waals surface area contributed by atoms with Crippen molar-refractivity contribution < 1.29 is 19.8 Å². The second kappa shape index (κ2) is 21.4. The first-order chi connectivity index (χ1) is 11.5. The minimum absolute atomic E-state index is 0.844. The number of aliphatic carboxylic acids is 2. The van der Waals surface area contributed by atoms with E-state index in [2.05, 4.69) is 13.8 Å². The molecule has 24 heavy (non-hydrogen) atoms. The summed E-state index contributed by atoms with van der Waals surface area (Å²) in [5, 5.41) is 16.5. The van der Waals surface area contributed by atoms with Gasteiger partial charge in [-0.25, -0.2) is 9.59 Å². The summed E-state index contributed by atoms with van der Waals surface area (Å²) in [6.45, 7) is 4.37. The van der Waals surface area contributed by atoms with Gasteiger partial charge in [-0.05, 0) is 25.7 Å². The Kier molecular flexibility index (Phi) is 22.0. The Hall–Kier alpha value is -1.58. The molecule has 0 saturated carbocycles. The van der Waals surface area contributed by atoms with Crippen molar-refractivity contribution in [2.75, 3.05) is 0 Å². The van der Waals surface area contributed by atoms with E-state index in [1.165, 1.54) is 63.5 Å². The fraction of sp³-hybridized carbons (Fsp3) is 0.700. The molecule has 4 nitrogen and oxygen atoms in total. The summed E-state index contributed by atoms with van der Waals surface area (Å²) in [5.41, 5.74) is 0. The third kappa shape index (κ3) is 28.6. The van der Waals surface area contributed by atoms with Gasteiger partial charge in [0.1, 0.15) is 0 Å². The van der Waals surface area contributed by atoms with Crippen LogP contribution in [0.2, 0.25) is 0 Å². The summed E-state index contributed by atoms with van der Waals surface area (Å²) in [5.74, 6) is -1.69. The van der Waals surface area contributed by atoms with Gasteiger partial charge in [0, 0.05) is 12.2 Å². The van der Waals surface area contributed by atoms with Crippen LogP contribution in [0.25, 0.3) is 0 Å². The maximum atomic E-state index is 10.0. The van der Waals surface area contributed by atoms with Crippen LogP contribution in [0.5, 0.6) is 0 Å². The number of rotatable bonds is 14. The number of hydrogen-bond acceptors (Lipinski definition) is 2. The Morgan fingerprint density at radius 3 is 1.25 bits per heavy atom. The number of unbranched alkanes of at least 4 members (excludes halogenated alkanes) is 10. The lowest BCUT2D eigenvalue weighted by Crippen LogP contribution is -1.85. The molecular formula is C20H36O4. The van der Waals surface area contributed by atoms with E-state index >= 15 is 0 Å². The van der Waals surface area contributed by atoms with E-state index in [4.69, 9.17) is 10.2 Å². The van der Waals surface area contributed by atoms with Gasteiger partial charge in [0.2, 0.25) is 0 Å². The van der Waals surface area contributed by atoms with E-state index in [1.54, 1.807) is 12.2 Å². The smallest absolute Gasteiger partial charge is 0.327 e. The third-order valence-electron chi connectivity index (χ3n) is 3.47. The lowest BCUT2D eigenvalue weighted by molar-refractivity contribution is -0.132. The number of carbonyl (C=O) groups is 2. The van der Waals surface area contributed by atoms with Crippen LogP contribution < -0.4 is 0 Å². The second-order valence-electron chi connectivity index (χ2n) is 5.89. The van der Waals surface area contributed by atoms with Crippen molar-refractivity contribution in [3.05, 3.63) is 24.3 Å². The molecule has 0 rings (SSSR count). The van der Waals surface area contributed by atoms with Gasteiger partial charge in [0.05, 0.1) is 0 Å². The Labute approximate surface area is 147 Å². The first-order valence-corrected chi connectivity index (χ1v) is 9.33. The lowest BCUT2D eigenvalue weighted by atomic mass is 10.1. The summed E-state index contributed by atoms with van der Waals surface area (Å²) in [6.07, 6.45) is 20.0. The molecular weight excluding hydrogens is 304 g/mol. The first kappa shape index (κ1) is 24.7. The molecule has 0 aromatic rings. The fourth-order valence-electron chi connectivity index (χ4n) is 2.10. The minimum atomic E-state index is -0.844. The normalized spacial score (nSPS) is 10.8. The summed E-state index contributed by atoms with van der Waals surface area (Å²) in [6, 6.07) is 0. The van der Waals surface area contributed by atoms with Crippen LogP contribution in [0, 0.1) is 0 Å². The van der Waals surface area contributed by atoms with Crippen molar-refractivity contribution in [2.24, 2.45) is 0 Å². The Bertz CT molecular complexity index is 312. The highest BCUT2D eigenvalue weighted by Crippen LogP contribution is 2.05. The standard InChI is InChI=1S/2C10H18O2/c2*1-2-3-4-5-6-7-8-9-10(11)12/h2*8-9H,2-7H2,1H3,(H,11,12)/b9-8+;9-8-. The summed E-state index contributed by atoms with van der Waals surface area (Å²) in [7, 11) is 0. The molecule has 0 aliphatic rings. The number of carboxylic acid groups (broad SMARTS) is 2. The second-order valence-corrected chi connectivity index (χ2v) is 5.89. The zero-order chi connectivity index (χ0) is 18.5. The molecule has 4 heteroatoms. The Morgan fingerprint density at radius 2 is 0.958 bits per heavy atom. The highest BCUT2D eigenvalue weighted by molar-refractivity contribution is 5.79. The van der Waals surface area contributed by atoms with Crippen LogP contribution in [-0.2, 0) is 9.59 Å². The molecule has 140 valence electrons. The predicted octanol–water partition coefficient (Wildman–Crippen LogP) is 5.98. The van der Waals surface area contributed by atoms with E-state index in [-0.39, 0.29) is 0 Å². The van der Waals surface area contributed by atoms with Gasteiger partial charge in [-0.2, -0.15) is 0 Å². The van der Waals surface area contributed by atoms with E-state index in [0.717, 1.165) is 25.7 Å². The van der Waals surface area contributed by atoms with Crippen LogP contribution in [0.4, 0.5) is 0 Å². The van der Waals surface area contributed by atoms with Gasteiger partial charge in [0.15, 0.2) is 0 Å². The molecule has 0 spiro atoms. The largest absolute Gasteiger partial charge is 0.478 e. The highest BCUT2D eigenvalue weighted by Gasteiger charge is 1.88. The van der Waals surface area contributed by atoms with Gasteiger partial charge in [-0.3, -0.25) is 0 Å². The molecule has 0 fully saturated rings. The molecule has 0 aliphatic heterocycles. The van der Waals surface area contributed by atoms with Crippen molar-refractivity contribution in [3.63, 3.8) is 0 Å². The summed E-state index contributed by atoms with van der Waals surface area (Å²) in [4.78, 5) is 20.1. The topological polar surface area (TPSA) is 74.6 Å². The molecule has 2 N–H and O–H groups in total. The van der Waals surface area contributed by atoms with Gasteiger partial charge in [-0.1, -0.05) is 77.4 Å². The van der Waals surface area contributed by atoms with Gasteiger partial charge in [-0.15, -0.1) is 0 Å². The molecule has 0 aliphatic carbocycles. The zero-order valence-corrected chi connectivity index (χ0v) is 15.5. The van der Waals surface area contributed by atoms with Crippen molar-refractivity contribution >= 4 is 11.9 Å². The third-order valence-corrected chi connectivity index (χ3v) is 3.47. The van der Waals surface area contributed by atoms with Crippen LogP contribution in [0.15, 0.2) is 24.3 Å². The van der Waals surface area contributed by atoms with E-state index in [0.29, 0.717) is 0 Å². The minimum Gasteiger partial charge on any atom is -0.478 e. The average molecular weight is 341 g/mol. The molecule has 0 unspecified atom stereocenters. The van der Waals surface area contributed by atoms with Crippen molar-refractivity contribution in [1.29, 1.82) is 0 Å². The number of hydrogen-bond donors (Lipinski definition) is 2. The zero-order valence-electron chi connectivity index (χ0n) is 15.5. The fourth-order valence-corrected chi connectivity index (χ4v) is 2.10. The van der Waals surface area contributed by atoms with Crippen LogP contribution in [-0.4, -0.2) is 22.2 Å². The SMILES string of the molecule is CCCCCCC/C=C/C(=O)O.CCCCCCC/C=C\C(=O)O. The van der Waals surface area contributed by atoms with Crippen molar-refractivity contribution in [1.82, 2.24) is 0 Å². The number of carboxylic acids is 2. The summed E-state index contributed by atoms with van der Waals surface area (Å²) < 4.78 is 0. The molecule has 0 bridgehead atoms. The Morgan fingerprint density at radius 1 is 0.625 bits per heavy atom. The van der Waals surface area contributed by atoms with E-state index in [9.17, 15) is 9.59 Å². The molecule has 0 aromatic heterocycles. The van der Waals surface area contributed by atoms with Crippen molar-refractivity contribution in [3.8, 4) is 0 Å². The maximum absolute atomic E-state index is 10.0. The van der Waals surface area contributed by atoms with E-state index < -0.39 is 11.9 Å². The molecule has 0 atom stereocenters. The van der Waals surface area contributed by atoms with Gasteiger partial charge >= 0.3 is 11.9 Å².